The number of carbonyl (C=O) groups is 1. The highest BCUT2D eigenvalue weighted by Crippen LogP contribution is 2.35. The van der Waals surface area contributed by atoms with Crippen LogP contribution in [-0.2, 0) is 0 Å². The number of thiophene rings is 1. The molecule has 0 aliphatic heterocycles. The van der Waals surface area contributed by atoms with Crippen LogP contribution in [0.1, 0.15) is 15.2 Å². The third kappa shape index (κ3) is 2.45. The van der Waals surface area contributed by atoms with Crippen molar-refractivity contribution in [2.45, 2.75) is 0 Å². The van der Waals surface area contributed by atoms with E-state index in [0.29, 0.717) is 16.1 Å². The summed E-state index contributed by atoms with van der Waals surface area (Å²) in [6.07, 6.45) is 3.74. The number of hydrogen-bond donors (Lipinski definition) is 1. The van der Waals surface area contributed by atoms with Crippen LogP contribution in [0.25, 0.3) is 21.5 Å². The monoisotopic (exact) mass is 332 g/mol. The van der Waals surface area contributed by atoms with Gasteiger partial charge in [-0.3, -0.25) is 4.79 Å². The van der Waals surface area contributed by atoms with E-state index >= 15 is 0 Å². The maximum Gasteiger partial charge on any atom is 0.205 e. The number of H-pyrrole nitrogens is 1. The average molecular weight is 332 g/mol. The maximum atomic E-state index is 12.7. The Balaban J connectivity index is 1.82. The van der Waals surface area contributed by atoms with Crippen molar-refractivity contribution in [1.29, 1.82) is 0 Å². The molecular weight excluding hydrogens is 318 g/mol. The molecule has 116 valence electrons. The number of rotatable bonds is 3. The second kappa shape index (κ2) is 5.86. The molecule has 4 rings (SSSR count). The van der Waals surface area contributed by atoms with Crippen LogP contribution in [0, 0.1) is 0 Å². The fourth-order valence-corrected chi connectivity index (χ4v) is 3.66. The number of pyridine rings is 2. The first-order valence-electron chi connectivity index (χ1n) is 7.49. The molecule has 3 aromatic heterocycles. The molecule has 4 aromatic rings. The van der Waals surface area contributed by atoms with Gasteiger partial charge < -0.3 is 5.73 Å². The van der Waals surface area contributed by atoms with Crippen molar-refractivity contribution in [3.05, 3.63) is 77.4 Å². The van der Waals surface area contributed by atoms with Crippen molar-refractivity contribution in [3.8, 4) is 11.3 Å². The minimum Gasteiger partial charge on any atom is -0.397 e. The van der Waals surface area contributed by atoms with Gasteiger partial charge in [0.2, 0.25) is 5.78 Å². The van der Waals surface area contributed by atoms with Gasteiger partial charge in [0.1, 0.15) is 9.71 Å². The topological polar surface area (TPSA) is 70.1 Å². The molecule has 0 saturated heterocycles. The van der Waals surface area contributed by atoms with Crippen LogP contribution < -0.4 is 10.7 Å². The zero-order valence-corrected chi connectivity index (χ0v) is 13.5. The number of carbonyl (C=O) groups excluding carboxylic acids is 1. The summed E-state index contributed by atoms with van der Waals surface area (Å²) < 4.78 is 0. The molecular formula is C19H14N3OS+. The molecule has 0 aliphatic carbocycles. The van der Waals surface area contributed by atoms with Crippen molar-refractivity contribution < 1.29 is 9.78 Å². The lowest BCUT2D eigenvalue weighted by Gasteiger charge is -1.99. The Hall–Kier alpha value is -3.05. The Bertz CT molecular complexity index is 1030. The number of aromatic nitrogens is 2. The van der Waals surface area contributed by atoms with Crippen molar-refractivity contribution in [2.75, 3.05) is 5.73 Å². The van der Waals surface area contributed by atoms with Crippen molar-refractivity contribution in [1.82, 2.24) is 4.98 Å². The number of anilines is 1. The fraction of sp³-hybridized carbons (Fsp3) is 0. The first kappa shape index (κ1) is 14.5. The van der Waals surface area contributed by atoms with E-state index in [9.17, 15) is 4.79 Å². The molecule has 0 radical (unpaired) electrons. The van der Waals surface area contributed by atoms with E-state index in [4.69, 9.17) is 5.73 Å². The normalized spacial score (nSPS) is 10.8. The Morgan fingerprint density at radius 3 is 2.62 bits per heavy atom. The summed E-state index contributed by atoms with van der Waals surface area (Å²) in [5.74, 6) is -0.0642. The number of benzene rings is 1. The quantitative estimate of drug-likeness (QED) is 0.583. The molecule has 4 nitrogen and oxygen atoms in total. The van der Waals surface area contributed by atoms with E-state index < -0.39 is 0 Å². The second-order valence-corrected chi connectivity index (χ2v) is 6.38. The van der Waals surface area contributed by atoms with Crippen LogP contribution in [0.15, 0.2) is 67.0 Å². The van der Waals surface area contributed by atoms with Crippen molar-refractivity contribution in [3.63, 3.8) is 0 Å². The van der Waals surface area contributed by atoms with E-state index in [2.05, 4.69) is 9.97 Å². The third-order valence-electron chi connectivity index (χ3n) is 3.84. The van der Waals surface area contributed by atoms with Gasteiger partial charge >= 0.3 is 0 Å². The smallest absolute Gasteiger partial charge is 0.205 e. The predicted molar refractivity (Wildman–Crippen MR) is 95.9 cm³/mol. The summed E-state index contributed by atoms with van der Waals surface area (Å²) in [5.41, 5.74) is 9.18. The first-order valence-corrected chi connectivity index (χ1v) is 8.31. The lowest BCUT2D eigenvalue weighted by molar-refractivity contribution is -0.377. The van der Waals surface area contributed by atoms with Crippen LogP contribution in [-0.4, -0.2) is 10.8 Å². The summed E-state index contributed by atoms with van der Waals surface area (Å²) in [6.45, 7) is 0. The lowest BCUT2D eigenvalue weighted by atomic mass is 10.1. The molecule has 3 heterocycles. The highest BCUT2D eigenvalue weighted by molar-refractivity contribution is 7.21. The largest absolute Gasteiger partial charge is 0.397 e. The number of aromatic amines is 1. The molecule has 0 amide bonds. The van der Waals surface area contributed by atoms with Gasteiger partial charge in [0.25, 0.3) is 0 Å². The van der Waals surface area contributed by atoms with E-state index in [1.165, 1.54) is 11.3 Å². The lowest BCUT2D eigenvalue weighted by Crippen LogP contribution is -2.01. The molecule has 24 heavy (non-hydrogen) atoms. The number of nitrogens with zero attached hydrogens (tertiary/aromatic N) is 1. The molecule has 0 saturated carbocycles. The van der Waals surface area contributed by atoms with Gasteiger partial charge in [0, 0.05) is 17.0 Å². The van der Waals surface area contributed by atoms with E-state index in [1.54, 1.807) is 12.1 Å². The fourth-order valence-electron chi connectivity index (χ4n) is 2.60. The van der Waals surface area contributed by atoms with Crippen molar-refractivity contribution in [2.24, 2.45) is 0 Å². The molecule has 1 aromatic carbocycles. The van der Waals surface area contributed by atoms with Gasteiger partial charge in [-0.05, 0) is 18.2 Å². The highest BCUT2D eigenvalue weighted by Gasteiger charge is 2.19. The van der Waals surface area contributed by atoms with Crippen LogP contribution in [0.2, 0.25) is 0 Å². The second-order valence-electron chi connectivity index (χ2n) is 5.38. The molecule has 0 atom stereocenters. The van der Waals surface area contributed by atoms with Crippen LogP contribution in [0.5, 0.6) is 0 Å². The molecule has 3 N–H and O–H groups in total. The molecule has 0 bridgehead atoms. The number of fused-ring (bicyclic) bond motifs is 1. The zero-order chi connectivity index (χ0) is 16.5. The number of hydrogen-bond acceptors (Lipinski definition) is 4. The highest BCUT2D eigenvalue weighted by atomic mass is 32.1. The van der Waals surface area contributed by atoms with E-state index in [0.717, 1.165) is 21.5 Å². The standard InChI is InChI=1S/C19H13N3OS/c20-16-14-8-9-15(13-7-4-10-21-11-13)22-19(14)24-18(16)17(23)12-5-2-1-3-6-12/h1-11H,20H2/p+1. The number of nitrogens with two attached hydrogens (primary N) is 1. The van der Waals surface area contributed by atoms with Crippen LogP contribution in [0.3, 0.4) is 0 Å². The minimum atomic E-state index is -0.0642. The van der Waals surface area contributed by atoms with Crippen molar-refractivity contribution >= 4 is 33.0 Å². The number of ketones is 1. The van der Waals surface area contributed by atoms with Gasteiger partial charge in [-0.2, -0.15) is 0 Å². The predicted octanol–water partition coefficient (Wildman–Crippen LogP) is 3.59. The summed E-state index contributed by atoms with van der Waals surface area (Å²) in [5, 5.41) is 0.822. The number of nitrogens with one attached hydrogen (secondary N) is 1. The summed E-state index contributed by atoms with van der Waals surface area (Å²) in [7, 11) is 0. The molecule has 0 aliphatic rings. The van der Waals surface area contributed by atoms with Crippen LogP contribution in [0.4, 0.5) is 5.69 Å². The molecule has 5 heteroatoms. The van der Waals surface area contributed by atoms with Gasteiger partial charge in [-0.25, -0.2) is 9.97 Å². The molecule has 0 spiro atoms. The van der Waals surface area contributed by atoms with Gasteiger partial charge in [0.15, 0.2) is 12.4 Å². The minimum absolute atomic E-state index is 0.0642. The summed E-state index contributed by atoms with van der Waals surface area (Å²) >= 11 is 1.34. The zero-order valence-electron chi connectivity index (χ0n) is 12.7. The SMILES string of the molecule is Nc1c(C(=O)c2ccccc2)sc2nc(-c3ccc[nH+]c3)ccc12. The Morgan fingerprint density at radius 1 is 1.04 bits per heavy atom. The summed E-state index contributed by atoms with van der Waals surface area (Å²) in [6, 6.07) is 16.9. The van der Waals surface area contributed by atoms with E-state index in [1.807, 2.05) is 54.9 Å². The summed E-state index contributed by atoms with van der Waals surface area (Å²) in [4.78, 5) is 21.7. The molecule has 0 fully saturated rings. The average Bonchev–Trinajstić information content (AvgIpc) is 2.99. The van der Waals surface area contributed by atoms with Gasteiger partial charge in [-0.15, -0.1) is 11.3 Å². The molecule has 0 unspecified atom stereocenters. The number of nitrogen functional groups attached to an aromatic ring is 1. The van der Waals surface area contributed by atoms with Gasteiger partial charge in [0.05, 0.1) is 16.9 Å². The van der Waals surface area contributed by atoms with Crippen LogP contribution >= 0.6 is 11.3 Å². The Labute approximate surface area is 142 Å². The third-order valence-corrected chi connectivity index (χ3v) is 4.95. The van der Waals surface area contributed by atoms with Gasteiger partial charge in [-0.1, -0.05) is 30.3 Å². The maximum absolute atomic E-state index is 12.7. The first-order chi connectivity index (χ1) is 11.7. The van der Waals surface area contributed by atoms with E-state index in [-0.39, 0.29) is 5.78 Å². The Kier molecular flexibility index (Phi) is 3.55. The Morgan fingerprint density at radius 2 is 1.88 bits per heavy atom.